The number of anilines is 1. The Bertz CT molecular complexity index is 1130. The molecule has 160 valence electrons. The highest BCUT2D eigenvalue weighted by Crippen LogP contribution is 2.41. The summed E-state index contributed by atoms with van der Waals surface area (Å²) in [6.45, 7) is 8.32. The zero-order chi connectivity index (χ0) is 22.3. The minimum atomic E-state index is -0.322. The highest BCUT2D eigenvalue weighted by Gasteiger charge is 2.37. The molecule has 5 heteroatoms. The minimum Gasteiger partial charge on any atom is -0.491 e. The summed E-state index contributed by atoms with van der Waals surface area (Å²) >= 11 is 0. The number of benzene rings is 3. The highest BCUT2D eigenvalue weighted by atomic mass is 16.5. The van der Waals surface area contributed by atoms with E-state index in [0.29, 0.717) is 33.3 Å². The van der Waals surface area contributed by atoms with E-state index in [1.54, 1.807) is 24.3 Å². The molecule has 0 radical (unpaired) electrons. The van der Waals surface area contributed by atoms with Gasteiger partial charge in [-0.1, -0.05) is 58.0 Å². The summed E-state index contributed by atoms with van der Waals surface area (Å²) in [5, 5.41) is 10.4. The van der Waals surface area contributed by atoms with Gasteiger partial charge in [-0.05, 0) is 41.2 Å². The van der Waals surface area contributed by atoms with Gasteiger partial charge in [-0.15, -0.1) is 0 Å². The Morgan fingerprint density at radius 3 is 2.00 bits per heavy atom. The molecule has 2 amide bonds. The number of nitrogens with zero attached hydrogens (tertiary/aromatic N) is 1. The molecular weight excluding hydrogens is 390 g/mol. The van der Waals surface area contributed by atoms with Gasteiger partial charge in [-0.25, -0.2) is 4.90 Å². The van der Waals surface area contributed by atoms with Crippen LogP contribution in [0.3, 0.4) is 0 Å². The predicted molar refractivity (Wildman–Crippen MR) is 122 cm³/mol. The van der Waals surface area contributed by atoms with Gasteiger partial charge in [0, 0.05) is 21.9 Å². The Morgan fingerprint density at radius 1 is 0.839 bits per heavy atom. The number of carbonyl (C=O) groups excluding carboxylic acids is 2. The van der Waals surface area contributed by atoms with Gasteiger partial charge in [0.15, 0.2) is 0 Å². The topological polar surface area (TPSA) is 66.8 Å². The van der Waals surface area contributed by atoms with Crippen LogP contribution in [0.2, 0.25) is 0 Å². The predicted octanol–water partition coefficient (Wildman–Crippen LogP) is 5.26. The third-order valence-corrected chi connectivity index (χ3v) is 5.78. The number of para-hydroxylation sites is 1. The van der Waals surface area contributed by atoms with Crippen molar-refractivity contribution >= 4 is 28.3 Å². The molecule has 3 aromatic rings. The summed E-state index contributed by atoms with van der Waals surface area (Å²) in [6, 6.07) is 14.8. The molecule has 0 aromatic heterocycles. The molecule has 5 nitrogen and oxygen atoms in total. The molecule has 0 aliphatic carbocycles. The van der Waals surface area contributed by atoms with Crippen molar-refractivity contribution in [3.05, 3.63) is 70.8 Å². The Kier molecular flexibility index (Phi) is 5.54. The molecule has 0 unspecified atom stereocenters. The Balaban J connectivity index is 1.96. The number of hydrogen-bond acceptors (Lipinski definition) is 4. The standard InChI is InChI=1S/C26H27NO4/c1-15(2)17-7-5-8-18(16(3)4)24(17)27-25(29)20-10-6-9-19-22(31-14-13-28)12-11-21(23(19)20)26(27)30/h5-12,15-16,28H,13-14H2,1-4H3. The van der Waals surface area contributed by atoms with Gasteiger partial charge in [-0.2, -0.15) is 0 Å². The number of rotatable bonds is 6. The van der Waals surface area contributed by atoms with Gasteiger partial charge in [0.2, 0.25) is 0 Å². The summed E-state index contributed by atoms with van der Waals surface area (Å²) in [4.78, 5) is 28.8. The molecule has 31 heavy (non-hydrogen) atoms. The van der Waals surface area contributed by atoms with Crippen molar-refractivity contribution in [3.63, 3.8) is 0 Å². The number of hydrogen-bond donors (Lipinski definition) is 1. The fraction of sp³-hybridized carbons (Fsp3) is 0.308. The number of imide groups is 1. The molecule has 0 atom stereocenters. The van der Waals surface area contributed by atoms with Crippen molar-refractivity contribution in [2.75, 3.05) is 18.1 Å². The maximum atomic E-state index is 13.7. The number of carbonyl (C=O) groups is 2. The first kappa shape index (κ1) is 21.1. The molecular formula is C26H27NO4. The molecule has 1 aliphatic heterocycles. The van der Waals surface area contributed by atoms with Crippen LogP contribution in [0.15, 0.2) is 48.5 Å². The average Bonchev–Trinajstić information content (AvgIpc) is 2.76. The summed E-state index contributed by atoms with van der Waals surface area (Å²) < 4.78 is 5.64. The molecule has 1 aliphatic rings. The second kappa shape index (κ2) is 8.16. The molecule has 0 spiro atoms. The third-order valence-electron chi connectivity index (χ3n) is 5.78. The van der Waals surface area contributed by atoms with E-state index in [1.807, 2.05) is 24.3 Å². The molecule has 0 bridgehead atoms. The Labute approximate surface area is 182 Å². The monoisotopic (exact) mass is 417 g/mol. The van der Waals surface area contributed by atoms with Gasteiger partial charge >= 0.3 is 0 Å². The molecule has 0 saturated heterocycles. The van der Waals surface area contributed by atoms with Crippen molar-refractivity contribution in [3.8, 4) is 5.75 Å². The van der Waals surface area contributed by atoms with Crippen molar-refractivity contribution in [1.29, 1.82) is 0 Å². The number of amides is 2. The second-order valence-electron chi connectivity index (χ2n) is 8.45. The van der Waals surface area contributed by atoms with Crippen LogP contribution in [0, 0.1) is 0 Å². The summed E-state index contributed by atoms with van der Waals surface area (Å²) in [7, 11) is 0. The van der Waals surface area contributed by atoms with Gasteiger partial charge in [0.05, 0.1) is 12.3 Å². The SMILES string of the molecule is CC(C)c1cccc(C(C)C)c1N1C(=O)c2cccc3c(OCCO)ccc(c23)C1=O. The maximum Gasteiger partial charge on any atom is 0.266 e. The lowest BCUT2D eigenvalue weighted by atomic mass is 9.88. The third kappa shape index (κ3) is 3.39. The Hall–Kier alpha value is -3.18. The molecule has 0 fully saturated rings. The van der Waals surface area contributed by atoms with Gasteiger partial charge in [-0.3, -0.25) is 9.59 Å². The van der Waals surface area contributed by atoms with Gasteiger partial charge < -0.3 is 9.84 Å². The normalized spacial score (nSPS) is 13.6. The zero-order valence-corrected chi connectivity index (χ0v) is 18.3. The van der Waals surface area contributed by atoms with E-state index in [9.17, 15) is 9.59 Å². The van der Waals surface area contributed by atoms with E-state index in [2.05, 4.69) is 27.7 Å². The van der Waals surface area contributed by atoms with Crippen LogP contribution in [0.5, 0.6) is 5.75 Å². The van der Waals surface area contributed by atoms with Crippen LogP contribution in [-0.2, 0) is 0 Å². The fourth-order valence-corrected chi connectivity index (χ4v) is 4.32. The fourth-order valence-electron chi connectivity index (χ4n) is 4.32. The van der Waals surface area contributed by atoms with E-state index in [-0.39, 0.29) is 36.9 Å². The first-order valence-electron chi connectivity index (χ1n) is 10.7. The van der Waals surface area contributed by atoms with E-state index >= 15 is 0 Å². The molecule has 3 aromatic carbocycles. The summed E-state index contributed by atoms with van der Waals surface area (Å²) in [5.74, 6) is 0.213. The number of aliphatic hydroxyl groups excluding tert-OH is 1. The van der Waals surface area contributed by atoms with E-state index < -0.39 is 0 Å². The smallest absolute Gasteiger partial charge is 0.266 e. The van der Waals surface area contributed by atoms with Crippen molar-refractivity contribution in [2.45, 2.75) is 39.5 Å². The Morgan fingerprint density at radius 2 is 1.42 bits per heavy atom. The van der Waals surface area contributed by atoms with Crippen LogP contribution in [0.1, 0.15) is 71.4 Å². The van der Waals surface area contributed by atoms with Crippen LogP contribution < -0.4 is 9.64 Å². The number of ether oxygens (including phenoxy) is 1. The summed E-state index contributed by atoms with van der Waals surface area (Å²) in [5.41, 5.74) is 3.62. The van der Waals surface area contributed by atoms with E-state index in [1.165, 1.54) is 4.90 Å². The van der Waals surface area contributed by atoms with Crippen LogP contribution in [0.25, 0.3) is 10.8 Å². The van der Waals surface area contributed by atoms with Crippen molar-refractivity contribution in [2.24, 2.45) is 0 Å². The van der Waals surface area contributed by atoms with Crippen molar-refractivity contribution in [1.82, 2.24) is 0 Å². The van der Waals surface area contributed by atoms with E-state index in [4.69, 9.17) is 9.84 Å². The minimum absolute atomic E-state index is 0.113. The van der Waals surface area contributed by atoms with Gasteiger partial charge in [0.1, 0.15) is 12.4 Å². The summed E-state index contributed by atoms with van der Waals surface area (Å²) in [6.07, 6.45) is 0. The quantitative estimate of drug-likeness (QED) is 0.556. The molecule has 1 heterocycles. The lowest BCUT2D eigenvalue weighted by Crippen LogP contribution is -2.41. The lowest BCUT2D eigenvalue weighted by molar-refractivity contribution is 0.0893. The van der Waals surface area contributed by atoms with Crippen LogP contribution >= 0.6 is 0 Å². The first-order valence-corrected chi connectivity index (χ1v) is 10.7. The lowest BCUT2D eigenvalue weighted by Gasteiger charge is -2.32. The average molecular weight is 418 g/mol. The largest absolute Gasteiger partial charge is 0.491 e. The number of aliphatic hydroxyl groups is 1. The maximum absolute atomic E-state index is 13.7. The molecule has 1 N–H and O–H groups in total. The molecule has 0 saturated carbocycles. The zero-order valence-electron chi connectivity index (χ0n) is 18.3. The molecule has 4 rings (SSSR count). The van der Waals surface area contributed by atoms with Crippen LogP contribution in [-0.4, -0.2) is 30.1 Å². The van der Waals surface area contributed by atoms with E-state index in [0.717, 1.165) is 11.1 Å². The first-order chi connectivity index (χ1) is 14.9. The second-order valence-corrected chi connectivity index (χ2v) is 8.45. The van der Waals surface area contributed by atoms with Crippen LogP contribution in [0.4, 0.5) is 5.69 Å². The van der Waals surface area contributed by atoms with Gasteiger partial charge in [0.25, 0.3) is 11.8 Å². The van der Waals surface area contributed by atoms with Crippen molar-refractivity contribution < 1.29 is 19.4 Å². The highest BCUT2D eigenvalue weighted by molar-refractivity contribution is 6.36.